The lowest BCUT2D eigenvalue weighted by Gasteiger charge is -2.09. The first kappa shape index (κ1) is 22.8. The van der Waals surface area contributed by atoms with Crippen molar-refractivity contribution in [3.05, 3.63) is 83.6 Å². The molecule has 172 valence electrons. The third kappa shape index (κ3) is 5.32. The number of phenolic OH excluding ortho intramolecular Hbond substituents is 1. The molecule has 0 saturated carbocycles. The molecule has 4 aromatic rings. The molecule has 0 aliphatic heterocycles. The Labute approximate surface area is 197 Å². The second-order valence-corrected chi connectivity index (χ2v) is 8.18. The second-order valence-electron chi connectivity index (χ2n) is 8.18. The smallest absolute Gasteiger partial charge is 0.271 e. The van der Waals surface area contributed by atoms with E-state index in [-0.39, 0.29) is 17.6 Å². The average molecular weight is 456 g/mol. The van der Waals surface area contributed by atoms with Crippen LogP contribution in [0.1, 0.15) is 35.5 Å². The number of hydrogen-bond donors (Lipinski definition) is 3. The molecule has 0 atom stereocenters. The molecule has 0 spiro atoms. The minimum absolute atomic E-state index is 0.174. The molecule has 2 amide bonds. The van der Waals surface area contributed by atoms with Crippen molar-refractivity contribution < 1.29 is 19.1 Å². The fourth-order valence-corrected chi connectivity index (χ4v) is 3.72. The molecule has 0 aliphatic carbocycles. The quantitative estimate of drug-likeness (QED) is 0.267. The van der Waals surface area contributed by atoms with Crippen molar-refractivity contribution >= 4 is 34.2 Å². The van der Waals surface area contributed by atoms with Crippen molar-refractivity contribution in [2.24, 2.45) is 5.10 Å². The molecule has 0 fully saturated rings. The SMILES string of the molecule is CC(=O)Nc1ccc(C(=O)NN=C(C)Cc2ccc(O)c(-c3ccc4oc(C)cc4c3)c2)cc1. The van der Waals surface area contributed by atoms with Gasteiger partial charge in [0.1, 0.15) is 17.1 Å². The maximum Gasteiger partial charge on any atom is 0.271 e. The highest BCUT2D eigenvalue weighted by molar-refractivity contribution is 5.96. The van der Waals surface area contributed by atoms with Gasteiger partial charge in [-0.3, -0.25) is 9.59 Å². The molecule has 0 bridgehead atoms. The Kier molecular flexibility index (Phi) is 6.45. The molecule has 1 heterocycles. The van der Waals surface area contributed by atoms with Crippen molar-refractivity contribution in [2.45, 2.75) is 27.2 Å². The predicted molar refractivity (Wildman–Crippen MR) is 133 cm³/mol. The Hall–Kier alpha value is -4.39. The highest BCUT2D eigenvalue weighted by Gasteiger charge is 2.10. The zero-order valence-corrected chi connectivity index (χ0v) is 19.2. The summed E-state index contributed by atoms with van der Waals surface area (Å²) in [6.07, 6.45) is 0.502. The number of hydrazone groups is 1. The van der Waals surface area contributed by atoms with Gasteiger partial charge in [-0.25, -0.2) is 5.43 Å². The van der Waals surface area contributed by atoms with Gasteiger partial charge in [-0.2, -0.15) is 5.10 Å². The largest absolute Gasteiger partial charge is 0.507 e. The Morgan fingerprint density at radius 3 is 2.47 bits per heavy atom. The minimum Gasteiger partial charge on any atom is -0.507 e. The number of phenols is 1. The minimum atomic E-state index is -0.344. The van der Waals surface area contributed by atoms with Gasteiger partial charge in [0, 0.05) is 41.3 Å². The first-order valence-electron chi connectivity index (χ1n) is 10.8. The van der Waals surface area contributed by atoms with E-state index < -0.39 is 0 Å². The molecule has 0 unspecified atom stereocenters. The van der Waals surface area contributed by atoms with Gasteiger partial charge in [0.05, 0.1) is 0 Å². The van der Waals surface area contributed by atoms with E-state index >= 15 is 0 Å². The van der Waals surface area contributed by atoms with Gasteiger partial charge < -0.3 is 14.8 Å². The van der Waals surface area contributed by atoms with Crippen LogP contribution in [0.3, 0.4) is 0 Å². The number of rotatable bonds is 6. The van der Waals surface area contributed by atoms with Crippen LogP contribution in [0.4, 0.5) is 5.69 Å². The Bertz CT molecular complexity index is 1400. The zero-order chi connectivity index (χ0) is 24.2. The monoisotopic (exact) mass is 455 g/mol. The van der Waals surface area contributed by atoms with Crippen molar-refractivity contribution in [3.8, 4) is 16.9 Å². The first-order chi connectivity index (χ1) is 16.3. The standard InChI is InChI=1S/C27H25N3O4/c1-16(29-30-27(33)20-5-8-23(9-6-20)28-18(3)31)12-19-4-10-25(32)24(14-19)21-7-11-26-22(15-21)13-17(2)34-26/h4-11,13-15,32H,12H2,1-3H3,(H,28,31)(H,30,33). The summed E-state index contributed by atoms with van der Waals surface area (Å²) in [4.78, 5) is 23.5. The normalized spacial score (nSPS) is 11.4. The van der Waals surface area contributed by atoms with E-state index in [1.54, 1.807) is 30.3 Å². The molecular formula is C27H25N3O4. The molecule has 0 radical (unpaired) electrons. The molecule has 0 saturated heterocycles. The molecular weight excluding hydrogens is 430 g/mol. The topological polar surface area (TPSA) is 104 Å². The fraction of sp³-hybridized carbons (Fsp3) is 0.148. The predicted octanol–water partition coefficient (Wildman–Crippen LogP) is 5.42. The van der Waals surface area contributed by atoms with Crippen LogP contribution in [0.2, 0.25) is 0 Å². The van der Waals surface area contributed by atoms with Gasteiger partial charge >= 0.3 is 0 Å². The van der Waals surface area contributed by atoms with Crippen LogP contribution in [0.15, 0.2) is 76.2 Å². The lowest BCUT2D eigenvalue weighted by atomic mass is 9.99. The number of nitrogens with zero attached hydrogens (tertiary/aromatic N) is 1. The number of carbonyl (C=O) groups excluding carboxylic acids is 2. The number of aromatic hydroxyl groups is 1. The number of nitrogens with one attached hydrogen (secondary N) is 2. The van der Waals surface area contributed by atoms with Gasteiger partial charge in [-0.15, -0.1) is 0 Å². The maximum absolute atomic E-state index is 12.4. The molecule has 4 rings (SSSR count). The zero-order valence-electron chi connectivity index (χ0n) is 19.2. The lowest BCUT2D eigenvalue weighted by molar-refractivity contribution is -0.114. The van der Waals surface area contributed by atoms with Crippen LogP contribution in [0, 0.1) is 6.92 Å². The number of carbonyl (C=O) groups is 2. The van der Waals surface area contributed by atoms with Gasteiger partial charge in [0.25, 0.3) is 5.91 Å². The summed E-state index contributed by atoms with van der Waals surface area (Å²) in [5.74, 6) is 0.507. The van der Waals surface area contributed by atoms with E-state index in [0.29, 0.717) is 28.9 Å². The molecule has 3 aromatic carbocycles. The van der Waals surface area contributed by atoms with E-state index in [1.165, 1.54) is 6.92 Å². The summed E-state index contributed by atoms with van der Waals surface area (Å²) in [5.41, 5.74) is 7.68. The Balaban J connectivity index is 1.45. The number of fused-ring (bicyclic) bond motifs is 1. The number of amides is 2. The third-order valence-corrected chi connectivity index (χ3v) is 5.29. The van der Waals surface area contributed by atoms with E-state index in [1.807, 2.05) is 50.2 Å². The highest BCUT2D eigenvalue weighted by Crippen LogP contribution is 2.33. The van der Waals surface area contributed by atoms with Crippen LogP contribution in [0.25, 0.3) is 22.1 Å². The summed E-state index contributed by atoms with van der Waals surface area (Å²) in [6.45, 7) is 5.15. The van der Waals surface area contributed by atoms with Crippen molar-refractivity contribution in [2.75, 3.05) is 5.32 Å². The van der Waals surface area contributed by atoms with Crippen LogP contribution < -0.4 is 10.7 Å². The van der Waals surface area contributed by atoms with Gasteiger partial charge in [-0.05, 0) is 79.6 Å². The molecule has 1 aromatic heterocycles. The fourth-order valence-electron chi connectivity index (χ4n) is 3.72. The van der Waals surface area contributed by atoms with Crippen molar-refractivity contribution in [1.82, 2.24) is 5.43 Å². The van der Waals surface area contributed by atoms with Crippen molar-refractivity contribution in [1.29, 1.82) is 0 Å². The molecule has 7 heteroatoms. The van der Waals surface area contributed by atoms with Gasteiger partial charge in [0.2, 0.25) is 5.91 Å². The number of benzene rings is 3. The number of hydrogen-bond acceptors (Lipinski definition) is 5. The van der Waals surface area contributed by atoms with E-state index in [0.717, 1.165) is 27.9 Å². The number of anilines is 1. The van der Waals surface area contributed by atoms with Crippen molar-refractivity contribution in [3.63, 3.8) is 0 Å². The number of aryl methyl sites for hydroxylation is 1. The van der Waals surface area contributed by atoms with Crippen LogP contribution in [-0.2, 0) is 11.2 Å². The van der Waals surface area contributed by atoms with E-state index in [4.69, 9.17) is 4.42 Å². The first-order valence-corrected chi connectivity index (χ1v) is 10.8. The summed E-state index contributed by atoms with van der Waals surface area (Å²) in [5, 5.41) is 18.3. The Morgan fingerprint density at radius 1 is 0.971 bits per heavy atom. The average Bonchev–Trinajstić information content (AvgIpc) is 3.18. The molecule has 3 N–H and O–H groups in total. The summed E-state index contributed by atoms with van der Waals surface area (Å²) in [7, 11) is 0. The molecule has 0 aliphatic rings. The van der Waals surface area contributed by atoms with E-state index in [9.17, 15) is 14.7 Å². The Morgan fingerprint density at radius 2 is 1.74 bits per heavy atom. The van der Waals surface area contributed by atoms with Crippen LogP contribution in [-0.4, -0.2) is 22.6 Å². The number of furan rings is 1. The highest BCUT2D eigenvalue weighted by atomic mass is 16.3. The summed E-state index contributed by atoms with van der Waals surface area (Å²) in [6, 6.07) is 19.8. The third-order valence-electron chi connectivity index (χ3n) is 5.29. The van der Waals surface area contributed by atoms with E-state index in [2.05, 4.69) is 15.8 Å². The van der Waals surface area contributed by atoms with Crippen LogP contribution in [0.5, 0.6) is 5.75 Å². The maximum atomic E-state index is 12.4. The summed E-state index contributed by atoms with van der Waals surface area (Å²) < 4.78 is 5.64. The second kappa shape index (κ2) is 9.62. The molecule has 7 nitrogen and oxygen atoms in total. The van der Waals surface area contributed by atoms with Gasteiger partial charge in [0.15, 0.2) is 0 Å². The van der Waals surface area contributed by atoms with Gasteiger partial charge in [-0.1, -0.05) is 12.1 Å². The van der Waals surface area contributed by atoms with Crippen LogP contribution >= 0.6 is 0 Å². The molecule has 34 heavy (non-hydrogen) atoms. The lowest BCUT2D eigenvalue weighted by Crippen LogP contribution is -2.19. The summed E-state index contributed by atoms with van der Waals surface area (Å²) >= 11 is 0.